The molecule has 1 unspecified atom stereocenters. The number of nitrogens with zero attached hydrogens (tertiary/aromatic N) is 1. The van der Waals surface area contributed by atoms with E-state index in [1.54, 1.807) is 18.2 Å². The summed E-state index contributed by atoms with van der Waals surface area (Å²) >= 11 is 0. The predicted octanol–water partition coefficient (Wildman–Crippen LogP) is 1.86. The first kappa shape index (κ1) is 13.7. The first-order chi connectivity index (χ1) is 9.11. The number of likely N-dealkylation sites (N-methyl/N-ethyl adjacent to an activating group) is 1. The lowest BCUT2D eigenvalue weighted by atomic mass is 10.1. The van der Waals surface area contributed by atoms with Gasteiger partial charge in [-0.2, -0.15) is 0 Å². The van der Waals surface area contributed by atoms with Crippen LogP contribution in [0.3, 0.4) is 0 Å². The zero-order valence-electron chi connectivity index (χ0n) is 11.2. The fourth-order valence-electron chi connectivity index (χ4n) is 2.65. The fraction of sp³-hybridized carbons (Fsp3) is 0.500. The Labute approximate surface area is 113 Å². The van der Waals surface area contributed by atoms with Crippen LogP contribution in [0.5, 0.6) is 0 Å². The molecule has 1 aromatic carbocycles. The van der Waals surface area contributed by atoms with Crippen LogP contribution in [0.2, 0.25) is 0 Å². The molecule has 1 atom stereocenters. The van der Waals surface area contributed by atoms with Crippen LogP contribution >= 0.6 is 0 Å². The lowest BCUT2D eigenvalue weighted by molar-refractivity contribution is 0.0698. The molecule has 1 fully saturated rings. The van der Waals surface area contributed by atoms with Gasteiger partial charge in [0.05, 0.1) is 5.56 Å². The number of hydrogen-bond acceptors (Lipinski definition) is 4. The molecule has 0 aromatic heterocycles. The van der Waals surface area contributed by atoms with Crippen LogP contribution in [0.4, 0.5) is 11.4 Å². The molecule has 0 spiro atoms. The lowest BCUT2D eigenvalue weighted by Gasteiger charge is -2.23. The number of nitrogens with two attached hydrogens (primary N) is 1. The van der Waals surface area contributed by atoms with Crippen LogP contribution in [-0.4, -0.2) is 41.7 Å². The average molecular weight is 263 g/mol. The summed E-state index contributed by atoms with van der Waals surface area (Å²) < 4.78 is 0. The van der Waals surface area contributed by atoms with Crippen molar-refractivity contribution in [2.45, 2.75) is 25.8 Å². The molecule has 0 saturated carbocycles. The summed E-state index contributed by atoms with van der Waals surface area (Å²) in [7, 11) is 0. The summed E-state index contributed by atoms with van der Waals surface area (Å²) in [5.41, 5.74) is 7.06. The third kappa shape index (κ3) is 3.17. The maximum atomic E-state index is 10.9. The SMILES string of the molecule is CCN1CCCC1CNc1ccc(C(=O)O)c(N)c1. The second kappa shape index (κ2) is 5.93. The second-order valence-corrected chi connectivity index (χ2v) is 4.91. The molecular weight excluding hydrogens is 242 g/mol. The second-order valence-electron chi connectivity index (χ2n) is 4.91. The standard InChI is InChI=1S/C14H21N3O2/c1-2-17-7-3-4-11(17)9-16-10-5-6-12(14(18)19)13(15)8-10/h5-6,8,11,16H,2-4,7,9,15H2,1H3,(H,18,19). The van der Waals surface area contributed by atoms with Crippen molar-refractivity contribution in [2.24, 2.45) is 0 Å². The Morgan fingerprint density at radius 3 is 3.00 bits per heavy atom. The largest absolute Gasteiger partial charge is 0.478 e. The van der Waals surface area contributed by atoms with Gasteiger partial charge in [0.25, 0.3) is 0 Å². The number of anilines is 2. The van der Waals surface area contributed by atoms with Gasteiger partial charge >= 0.3 is 5.97 Å². The monoisotopic (exact) mass is 263 g/mol. The highest BCUT2D eigenvalue weighted by molar-refractivity contribution is 5.94. The first-order valence-electron chi connectivity index (χ1n) is 6.72. The zero-order valence-corrected chi connectivity index (χ0v) is 11.2. The molecule has 4 N–H and O–H groups in total. The Balaban J connectivity index is 1.96. The highest BCUT2D eigenvalue weighted by Gasteiger charge is 2.22. The predicted molar refractivity (Wildman–Crippen MR) is 76.6 cm³/mol. The summed E-state index contributed by atoms with van der Waals surface area (Å²) in [5, 5.41) is 12.3. The first-order valence-corrected chi connectivity index (χ1v) is 6.72. The van der Waals surface area contributed by atoms with Gasteiger partial charge in [-0.25, -0.2) is 4.79 Å². The molecule has 1 aliphatic rings. The van der Waals surface area contributed by atoms with E-state index in [2.05, 4.69) is 17.1 Å². The lowest BCUT2D eigenvalue weighted by Crippen LogP contribution is -2.34. The number of carbonyl (C=O) groups is 1. The number of nitrogen functional groups attached to an aromatic ring is 1. The van der Waals surface area contributed by atoms with Gasteiger partial charge in [-0.05, 0) is 44.1 Å². The molecule has 0 radical (unpaired) electrons. The third-order valence-electron chi connectivity index (χ3n) is 3.73. The van der Waals surface area contributed by atoms with Crippen molar-refractivity contribution in [2.75, 3.05) is 30.7 Å². The van der Waals surface area contributed by atoms with Crippen molar-refractivity contribution < 1.29 is 9.90 Å². The Bertz CT molecular complexity index is 462. The van der Waals surface area contributed by atoms with E-state index in [0.29, 0.717) is 11.7 Å². The highest BCUT2D eigenvalue weighted by Crippen LogP contribution is 2.20. The average Bonchev–Trinajstić information content (AvgIpc) is 2.83. The number of carboxylic acids is 1. The maximum absolute atomic E-state index is 10.9. The molecule has 0 aliphatic carbocycles. The Morgan fingerprint density at radius 1 is 1.58 bits per heavy atom. The van der Waals surface area contributed by atoms with Crippen LogP contribution in [0.1, 0.15) is 30.1 Å². The van der Waals surface area contributed by atoms with Gasteiger partial charge in [-0.15, -0.1) is 0 Å². The van der Waals surface area contributed by atoms with Crippen LogP contribution in [0.25, 0.3) is 0 Å². The number of rotatable bonds is 5. The Kier molecular flexibility index (Phi) is 4.27. The number of hydrogen-bond donors (Lipinski definition) is 3. The summed E-state index contributed by atoms with van der Waals surface area (Å²) in [4.78, 5) is 13.3. The van der Waals surface area contributed by atoms with Crippen LogP contribution in [-0.2, 0) is 0 Å². The van der Waals surface area contributed by atoms with Gasteiger partial charge in [0.1, 0.15) is 0 Å². The topological polar surface area (TPSA) is 78.6 Å². The zero-order chi connectivity index (χ0) is 13.8. The van der Waals surface area contributed by atoms with Crippen molar-refractivity contribution in [1.29, 1.82) is 0 Å². The molecule has 5 nitrogen and oxygen atoms in total. The van der Waals surface area contributed by atoms with E-state index in [9.17, 15) is 4.79 Å². The van der Waals surface area contributed by atoms with Crippen LogP contribution in [0, 0.1) is 0 Å². The molecule has 0 amide bonds. The van der Waals surface area contributed by atoms with E-state index in [1.807, 2.05) is 0 Å². The Morgan fingerprint density at radius 2 is 2.37 bits per heavy atom. The van der Waals surface area contributed by atoms with E-state index < -0.39 is 5.97 Å². The minimum Gasteiger partial charge on any atom is -0.478 e. The van der Waals surface area contributed by atoms with Crippen molar-refractivity contribution in [3.8, 4) is 0 Å². The molecule has 5 heteroatoms. The molecule has 0 bridgehead atoms. The molecule has 1 aromatic rings. The third-order valence-corrected chi connectivity index (χ3v) is 3.73. The van der Waals surface area contributed by atoms with Crippen molar-refractivity contribution in [1.82, 2.24) is 4.90 Å². The molecular formula is C14H21N3O2. The van der Waals surface area contributed by atoms with Crippen molar-refractivity contribution in [3.05, 3.63) is 23.8 Å². The van der Waals surface area contributed by atoms with Gasteiger partial charge in [-0.1, -0.05) is 6.92 Å². The normalized spacial score (nSPS) is 19.5. The molecule has 104 valence electrons. The van der Waals surface area contributed by atoms with Crippen LogP contribution in [0.15, 0.2) is 18.2 Å². The quantitative estimate of drug-likeness (QED) is 0.707. The fourth-order valence-corrected chi connectivity index (χ4v) is 2.65. The van der Waals surface area contributed by atoms with Gasteiger partial charge in [0.15, 0.2) is 0 Å². The summed E-state index contributed by atoms with van der Waals surface area (Å²) in [6, 6.07) is 5.57. The van der Waals surface area contributed by atoms with E-state index in [0.717, 1.165) is 18.8 Å². The number of likely N-dealkylation sites (tertiary alicyclic amines) is 1. The van der Waals surface area contributed by atoms with Gasteiger partial charge in [0, 0.05) is 24.0 Å². The van der Waals surface area contributed by atoms with E-state index in [4.69, 9.17) is 10.8 Å². The summed E-state index contributed by atoms with van der Waals surface area (Å²) in [5.74, 6) is -0.989. The molecule has 1 saturated heterocycles. The van der Waals surface area contributed by atoms with E-state index >= 15 is 0 Å². The molecule has 2 rings (SSSR count). The minimum absolute atomic E-state index is 0.154. The number of benzene rings is 1. The number of carboxylic acid groups (broad SMARTS) is 1. The number of nitrogens with one attached hydrogen (secondary N) is 1. The number of aromatic carboxylic acids is 1. The molecule has 19 heavy (non-hydrogen) atoms. The smallest absolute Gasteiger partial charge is 0.337 e. The summed E-state index contributed by atoms with van der Waals surface area (Å²) in [6.07, 6.45) is 2.46. The molecule has 1 aliphatic heterocycles. The van der Waals surface area contributed by atoms with Gasteiger partial charge < -0.3 is 16.2 Å². The van der Waals surface area contributed by atoms with E-state index in [1.165, 1.54) is 19.4 Å². The summed E-state index contributed by atoms with van der Waals surface area (Å²) in [6.45, 7) is 5.30. The van der Waals surface area contributed by atoms with Crippen molar-refractivity contribution >= 4 is 17.3 Å². The van der Waals surface area contributed by atoms with Crippen LogP contribution < -0.4 is 11.1 Å². The van der Waals surface area contributed by atoms with Gasteiger partial charge in [-0.3, -0.25) is 4.90 Å². The Hall–Kier alpha value is -1.75. The molecule has 1 heterocycles. The van der Waals surface area contributed by atoms with E-state index in [-0.39, 0.29) is 5.56 Å². The van der Waals surface area contributed by atoms with Crippen molar-refractivity contribution in [3.63, 3.8) is 0 Å². The highest BCUT2D eigenvalue weighted by atomic mass is 16.4. The minimum atomic E-state index is -0.989. The maximum Gasteiger partial charge on any atom is 0.337 e. The van der Waals surface area contributed by atoms with Gasteiger partial charge in [0.2, 0.25) is 0 Å².